The lowest BCUT2D eigenvalue weighted by Crippen LogP contribution is -2.33. The number of hydrogen-bond acceptors (Lipinski definition) is 3. The molecule has 2 atom stereocenters. The van der Waals surface area contributed by atoms with Crippen LogP contribution in [0.1, 0.15) is 30.1 Å². The van der Waals surface area contributed by atoms with E-state index in [1.165, 1.54) is 12.1 Å². The zero-order chi connectivity index (χ0) is 18.5. The van der Waals surface area contributed by atoms with Crippen molar-refractivity contribution in [3.8, 4) is 0 Å². The van der Waals surface area contributed by atoms with Crippen molar-refractivity contribution in [2.45, 2.75) is 25.4 Å². The Labute approximate surface area is 150 Å². The molecule has 0 spiro atoms. The van der Waals surface area contributed by atoms with Crippen molar-refractivity contribution in [2.75, 3.05) is 11.9 Å². The number of amides is 1. The monoisotopic (exact) mass is 357 g/mol. The van der Waals surface area contributed by atoms with E-state index >= 15 is 0 Å². The molecule has 26 heavy (non-hydrogen) atoms. The number of carboxylic acid groups (broad SMARTS) is 1. The molecular weight excluding hydrogens is 337 g/mol. The quantitative estimate of drug-likeness (QED) is 0.858. The first-order valence-electron chi connectivity index (χ1n) is 8.52. The summed E-state index contributed by atoms with van der Waals surface area (Å²) in [6.07, 6.45) is 0.742. The third-order valence-corrected chi connectivity index (χ3v) is 4.45. The molecule has 0 radical (unpaired) electrons. The van der Waals surface area contributed by atoms with Crippen molar-refractivity contribution in [1.82, 2.24) is 0 Å². The predicted octanol–water partition coefficient (Wildman–Crippen LogP) is 3.56. The first-order valence-corrected chi connectivity index (χ1v) is 8.52. The average Bonchev–Trinajstić information content (AvgIpc) is 2.64. The van der Waals surface area contributed by atoms with Gasteiger partial charge in [0.1, 0.15) is 5.82 Å². The largest absolute Gasteiger partial charge is 0.481 e. The molecule has 1 heterocycles. The van der Waals surface area contributed by atoms with Gasteiger partial charge in [-0.2, -0.15) is 0 Å². The lowest BCUT2D eigenvalue weighted by molar-refractivity contribution is -0.136. The van der Waals surface area contributed by atoms with Crippen molar-refractivity contribution < 1.29 is 23.8 Å². The zero-order valence-corrected chi connectivity index (χ0v) is 14.2. The van der Waals surface area contributed by atoms with Crippen molar-refractivity contribution >= 4 is 17.6 Å². The van der Waals surface area contributed by atoms with Gasteiger partial charge in [-0.25, -0.2) is 4.39 Å². The van der Waals surface area contributed by atoms with Gasteiger partial charge in [0.25, 0.3) is 0 Å². The highest BCUT2D eigenvalue weighted by atomic mass is 19.1. The molecule has 1 amide bonds. The molecule has 2 unspecified atom stereocenters. The van der Waals surface area contributed by atoms with Crippen LogP contribution < -0.4 is 5.32 Å². The molecule has 2 aromatic carbocycles. The second kappa shape index (κ2) is 8.10. The average molecular weight is 357 g/mol. The van der Waals surface area contributed by atoms with Crippen molar-refractivity contribution in [3.63, 3.8) is 0 Å². The van der Waals surface area contributed by atoms with Gasteiger partial charge in [0, 0.05) is 12.3 Å². The molecular formula is C20H20FNO4. The first-order chi connectivity index (χ1) is 12.5. The van der Waals surface area contributed by atoms with E-state index in [0.717, 1.165) is 18.1 Å². The van der Waals surface area contributed by atoms with Crippen molar-refractivity contribution in [3.05, 3.63) is 65.5 Å². The molecule has 2 aromatic rings. The summed E-state index contributed by atoms with van der Waals surface area (Å²) in [5, 5.41) is 11.5. The maximum absolute atomic E-state index is 14.0. The maximum atomic E-state index is 14.0. The number of anilines is 1. The Morgan fingerprint density at radius 2 is 1.96 bits per heavy atom. The summed E-state index contributed by atoms with van der Waals surface area (Å²) in [5.74, 6) is -2.35. The van der Waals surface area contributed by atoms with Gasteiger partial charge in [-0.3, -0.25) is 9.59 Å². The zero-order valence-electron chi connectivity index (χ0n) is 14.2. The van der Waals surface area contributed by atoms with Gasteiger partial charge >= 0.3 is 5.97 Å². The van der Waals surface area contributed by atoms with E-state index in [1.807, 2.05) is 30.3 Å². The van der Waals surface area contributed by atoms with Crippen LogP contribution in [0.3, 0.4) is 0 Å². The van der Waals surface area contributed by atoms with E-state index in [1.54, 1.807) is 0 Å². The van der Waals surface area contributed by atoms with Crippen LogP contribution in [0.5, 0.6) is 0 Å². The summed E-state index contributed by atoms with van der Waals surface area (Å²) in [6, 6.07) is 13.6. The van der Waals surface area contributed by atoms with Crippen LogP contribution in [-0.4, -0.2) is 23.6 Å². The normalized spacial score (nSPS) is 19.7. The minimum Gasteiger partial charge on any atom is -0.481 e. The number of halogens is 1. The lowest BCUT2D eigenvalue weighted by Gasteiger charge is -2.31. The molecule has 2 N–H and O–H groups in total. The number of carbonyl (C=O) groups excluding carboxylic acids is 1. The van der Waals surface area contributed by atoms with E-state index in [0.29, 0.717) is 18.7 Å². The molecule has 136 valence electrons. The fraction of sp³-hybridized carbons (Fsp3) is 0.300. The van der Waals surface area contributed by atoms with Crippen LogP contribution in [0.25, 0.3) is 0 Å². The van der Waals surface area contributed by atoms with E-state index in [-0.39, 0.29) is 23.5 Å². The van der Waals surface area contributed by atoms with Crippen molar-refractivity contribution in [2.24, 2.45) is 5.92 Å². The van der Waals surface area contributed by atoms with E-state index in [4.69, 9.17) is 9.84 Å². The number of nitrogens with one attached hydrogen (secondary N) is 1. The Kier molecular flexibility index (Phi) is 5.63. The molecule has 3 rings (SSSR count). The fourth-order valence-corrected chi connectivity index (χ4v) is 3.19. The summed E-state index contributed by atoms with van der Waals surface area (Å²) in [7, 11) is 0. The van der Waals surface area contributed by atoms with E-state index in [2.05, 4.69) is 5.32 Å². The lowest BCUT2D eigenvalue weighted by atomic mass is 9.88. The predicted molar refractivity (Wildman–Crippen MR) is 94.2 cm³/mol. The topological polar surface area (TPSA) is 75.6 Å². The fourth-order valence-electron chi connectivity index (χ4n) is 3.19. The molecule has 0 aliphatic carbocycles. The molecule has 6 heteroatoms. The van der Waals surface area contributed by atoms with Crippen LogP contribution in [0, 0.1) is 11.7 Å². The number of hydrogen-bond donors (Lipinski definition) is 2. The Bertz CT molecular complexity index is 794. The number of ether oxygens (including phenoxy) is 1. The van der Waals surface area contributed by atoms with Crippen LogP contribution in [0.15, 0.2) is 48.5 Å². The Morgan fingerprint density at radius 1 is 1.19 bits per heavy atom. The van der Waals surface area contributed by atoms with Crippen molar-refractivity contribution in [1.29, 1.82) is 0 Å². The molecule has 0 aromatic heterocycles. The summed E-state index contributed by atoms with van der Waals surface area (Å²) >= 11 is 0. The van der Waals surface area contributed by atoms with Crippen LogP contribution in [0.4, 0.5) is 10.1 Å². The standard InChI is InChI=1S/C20H20FNO4/c21-17-12-15(9-8-14(17)11-18(23)24)22-20(25)16-7-4-10-26-19(16)13-5-2-1-3-6-13/h1-3,5-6,8-9,12,16,19H,4,7,10-11H2,(H,22,25)(H,23,24). The third-order valence-electron chi connectivity index (χ3n) is 4.45. The van der Waals surface area contributed by atoms with Gasteiger partial charge in [-0.15, -0.1) is 0 Å². The summed E-state index contributed by atoms with van der Waals surface area (Å²) in [5.41, 5.74) is 1.33. The number of rotatable bonds is 5. The Balaban J connectivity index is 1.74. The van der Waals surface area contributed by atoms with Gasteiger partial charge in [0.05, 0.1) is 18.4 Å². The third kappa shape index (κ3) is 4.26. The Morgan fingerprint density at radius 3 is 2.65 bits per heavy atom. The second-order valence-corrected chi connectivity index (χ2v) is 6.32. The number of benzene rings is 2. The highest BCUT2D eigenvalue weighted by Crippen LogP contribution is 2.34. The van der Waals surface area contributed by atoms with Crippen LogP contribution >= 0.6 is 0 Å². The minimum atomic E-state index is -1.11. The SMILES string of the molecule is O=C(O)Cc1ccc(NC(=O)C2CCCOC2c2ccccc2)cc1F. The van der Waals surface area contributed by atoms with Crippen LogP contribution in [-0.2, 0) is 20.7 Å². The Hall–Kier alpha value is -2.73. The highest BCUT2D eigenvalue weighted by Gasteiger charge is 2.33. The number of carbonyl (C=O) groups is 2. The number of aliphatic carboxylic acids is 1. The van der Waals surface area contributed by atoms with Gasteiger partial charge in [-0.05, 0) is 36.1 Å². The van der Waals surface area contributed by atoms with Gasteiger partial charge in [0.15, 0.2) is 0 Å². The molecule has 1 fully saturated rings. The molecule has 1 aliphatic rings. The number of carboxylic acids is 1. The molecule has 1 saturated heterocycles. The van der Waals surface area contributed by atoms with Gasteiger partial charge in [-0.1, -0.05) is 36.4 Å². The van der Waals surface area contributed by atoms with Gasteiger partial charge < -0.3 is 15.2 Å². The summed E-state index contributed by atoms with van der Waals surface area (Å²) in [4.78, 5) is 23.4. The smallest absolute Gasteiger partial charge is 0.307 e. The van der Waals surface area contributed by atoms with E-state index < -0.39 is 18.2 Å². The van der Waals surface area contributed by atoms with E-state index in [9.17, 15) is 14.0 Å². The van der Waals surface area contributed by atoms with Gasteiger partial charge in [0.2, 0.25) is 5.91 Å². The second-order valence-electron chi connectivity index (χ2n) is 6.32. The maximum Gasteiger partial charge on any atom is 0.307 e. The molecule has 5 nitrogen and oxygen atoms in total. The molecule has 1 aliphatic heterocycles. The summed E-state index contributed by atoms with van der Waals surface area (Å²) in [6.45, 7) is 0.599. The summed E-state index contributed by atoms with van der Waals surface area (Å²) < 4.78 is 19.8. The minimum absolute atomic E-state index is 0.0821. The van der Waals surface area contributed by atoms with Crippen LogP contribution in [0.2, 0.25) is 0 Å². The highest BCUT2D eigenvalue weighted by molar-refractivity contribution is 5.93. The first kappa shape index (κ1) is 18.1. The molecule has 0 saturated carbocycles. The molecule has 0 bridgehead atoms.